The Bertz CT molecular complexity index is 1720. The van der Waals surface area contributed by atoms with E-state index in [1.165, 1.54) is 9.58 Å². The molecule has 11 heteroatoms. The van der Waals surface area contributed by atoms with E-state index in [4.69, 9.17) is 12.2 Å². The third-order valence-electron chi connectivity index (χ3n) is 7.63. The highest BCUT2D eigenvalue weighted by molar-refractivity contribution is 8.27. The van der Waals surface area contributed by atoms with Gasteiger partial charge in [0.1, 0.15) is 23.1 Å². The number of hydrogen-bond acceptors (Lipinski definition) is 7. The summed E-state index contributed by atoms with van der Waals surface area (Å²) in [6.45, 7) is 7.38. The predicted molar refractivity (Wildman–Crippen MR) is 163 cm³/mol. The van der Waals surface area contributed by atoms with E-state index in [9.17, 15) is 19.6 Å². The zero-order valence-electron chi connectivity index (χ0n) is 22.9. The summed E-state index contributed by atoms with van der Waals surface area (Å²) >= 11 is 6.76. The second-order valence-corrected chi connectivity index (χ2v) is 11.5. The summed E-state index contributed by atoms with van der Waals surface area (Å²) in [4.78, 5) is 44.6. The lowest BCUT2D eigenvalue weighted by atomic mass is 10.0. The molecule has 1 aromatic carbocycles. The Morgan fingerprint density at radius 2 is 1.73 bits per heavy atom. The predicted octanol–water partition coefficient (Wildman–Crippen LogP) is 4.24. The molecule has 0 bridgehead atoms. The first-order valence-corrected chi connectivity index (χ1v) is 14.5. The van der Waals surface area contributed by atoms with Gasteiger partial charge in [0.25, 0.3) is 17.0 Å². The largest absolute Gasteiger partial charge is 0.357 e. The van der Waals surface area contributed by atoms with Crippen molar-refractivity contribution in [1.29, 1.82) is 5.26 Å². The standard InChI is InChI=1S/C29H30N6O3S2/c1-5-33-25(32-14-10-7-11-15-32)21(18(2)22(17-30)26(33)36)16-23-27(37)34(29(39)40-23)24-19(3)31(4)35(28(24)38)20-12-8-6-9-13-20/h6,8-9,12-13,16H,5,7,10-11,14-15H2,1-4H3/b23-16+. The van der Waals surface area contributed by atoms with E-state index in [1.54, 1.807) is 36.2 Å². The van der Waals surface area contributed by atoms with Gasteiger partial charge in [0.15, 0.2) is 4.32 Å². The third kappa shape index (κ3) is 4.41. The van der Waals surface area contributed by atoms with E-state index >= 15 is 0 Å². The van der Waals surface area contributed by atoms with Gasteiger partial charge in [0, 0.05) is 32.2 Å². The van der Waals surface area contributed by atoms with Crippen molar-refractivity contribution in [2.45, 2.75) is 46.6 Å². The summed E-state index contributed by atoms with van der Waals surface area (Å²) in [7, 11) is 1.77. The molecule has 2 aliphatic heterocycles. The van der Waals surface area contributed by atoms with Crippen LogP contribution in [0, 0.1) is 25.2 Å². The number of carbonyl (C=O) groups is 1. The average molecular weight is 575 g/mol. The molecule has 206 valence electrons. The van der Waals surface area contributed by atoms with Crippen molar-refractivity contribution >= 4 is 51.8 Å². The van der Waals surface area contributed by atoms with Crippen LogP contribution in [0.4, 0.5) is 11.5 Å². The van der Waals surface area contributed by atoms with E-state index < -0.39 is 5.91 Å². The number of piperidine rings is 1. The number of benzene rings is 1. The van der Waals surface area contributed by atoms with Crippen LogP contribution in [0.25, 0.3) is 11.8 Å². The fourth-order valence-corrected chi connectivity index (χ4v) is 6.74. The van der Waals surface area contributed by atoms with E-state index in [0.29, 0.717) is 34.0 Å². The fraction of sp³-hybridized carbons (Fsp3) is 0.345. The number of hydrogen-bond donors (Lipinski definition) is 0. The molecule has 4 heterocycles. The zero-order chi connectivity index (χ0) is 28.7. The molecule has 0 unspecified atom stereocenters. The van der Waals surface area contributed by atoms with E-state index in [2.05, 4.69) is 11.0 Å². The molecule has 0 aliphatic carbocycles. The fourth-order valence-electron chi connectivity index (χ4n) is 5.49. The first kappa shape index (κ1) is 27.7. The number of para-hydroxylation sites is 1. The number of rotatable bonds is 5. The van der Waals surface area contributed by atoms with Crippen molar-refractivity contribution < 1.29 is 4.79 Å². The molecule has 9 nitrogen and oxygen atoms in total. The molecule has 5 rings (SSSR count). The molecular formula is C29H30N6O3S2. The SMILES string of the molecule is CCn1c(N2CCCCC2)c(/C=C2/SC(=S)N(c3c(C)n(C)n(-c4ccccc4)c3=O)C2=O)c(C)c(C#N)c1=O. The maximum atomic E-state index is 13.9. The van der Waals surface area contributed by atoms with Gasteiger partial charge in [-0.3, -0.25) is 28.5 Å². The molecule has 2 saturated heterocycles. The second-order valence-electron chi connectivity index (χ2n) is 9.87. The van der Waals surface area contributed by atoms with Crippen LogP contribution in [0.5, 0.6) is 0 Å². The van der Waals surface area contributed by atoms with Gasteiger partial charge in [-0.15, -0.1) is 0 Å². The van der Waals surface area contributed by atoms with Crippen LogP contribution < -0.4 is 20.9 Å². The molecule has 0 N–H and O–H groups in total. The van der Waals surface area contributed by atoms with Crippen LogP contribution in [0.2, 0.25) is 0 Å². The molecular weight excluding hydrogens is 544 g/mol. The number of aromatic nitrogens is 3. The normalized spacial score (nSPS) is 16.7. The summed E-state index contributed by atoms with van der Waals surface area (Å²) in [5.74, 6) is 0.314. The van der Waals surface area contributed by atoms with Crippen LogP contribution >= 0.6 is 24.0 Å². The van der Waals surface area contributed by atoms with Crippen molar-refractivity contribution in [2.24, 2.45) is 7.05 Å². The van der Waals surface area contributed by atoms with Gasteiger partial charge in [-0.25, -0.2) is 4.68 Å². The van der Waals surface area contributed by atoms with Gasteiger partial charge >= 0.3 is 0 Å². The van der Waals surface area contributed by atoms with Gasteiger partial charge in [0.2, 0.25) is 0 Å². The van der Waals surface area contributed by atoms with Gasteiger partial charge in [-0.2, -0.15) is 5.26 Å². The minimum Gasteiger partial charge on any atom is -0.357 e. The summed E-state index contributed by atoms with van der Waals surface area (Å²) in [6.07, 6.45) is 4.85. The highest BCUT2D eigenvalue weighted by atomic mass is 32.2. The third-order valence-corrected chi connectivity index (χ3v) is 8.94. The molecule has 2 fully saturated rings. The molecule has 0 radical (unpaired) electrons. The van der Waals surface area contributed by atoms with E-state index in [0.717, 1.165) is 49.9 Å². The van der Waals surface area contributed by atoms with Crippen molar-refractivity contribution in [3.05, 3.63) is 78.3 Å². The smallest absolute Gasteiger partial charge is 0.296 e. The highest BCUT2D eigenvalue weighted by Gasteiger charge is 2.38. The minimum atomic E-state index is -0.405. The van der Waals surface area contributed by atoms with Crippen molar-refractivity contribution in [2.75, 3.05) is 22.9 Å². The van der Waals surface area contributed by atoms with Crippen molar-refractivity contribution in [3.8, 4) is 11.8 Å². The minimum absolute atomic E-state index is 0.0639. The highest BCUT2D eigenvalue weighted by Crippen LogP contribution is 2.38. The lowest BCUT2D eigenvalue weighted by Crippen LogP contribution is -2.37. The maximum Gasteiger partial charge on any atom is 0.296 e. The Hall–Kier alpha value is -3.88. The average Bonchev–Trinajstić information content (AvgIpc) is 3.35. The molecule has 0 saturated carbocycles. The Balaban J connectivity index is 1.66. The number of thiocarbonyl (C=S) groups is 1. The van der Waals surface area contributed by atoms with Gasteiger partial charge in [-0.05, 0) is 63.8 Å². The quantitative estimate of drug-likeness (QED) is 0.332. The number of anilines is 2. The number of nitriles is 1. The summed E-state index contributed by atoms with van der Waals surface area (Å²) in [5.41, 5.74) is 2.07. The van der Waals surface area contributed by atoms with Gasteiger partial charge < -0.3 is 4.90 Å². The first-order chi connectivity index (χ1) is 19.2. The van der Waals surface area contributed by atoms with Crippen LogP contribution in [-0.4, -0.2) is 37.2 Å². The van der Waals surface area contributed by atoms with Crippen molar-refractivity contribution in [3.63, 3.8) is 0 Å². The second kappa shape index (κ2) is 10.9. The Labute approximate surface area is 241 Å². The van der Waals surface area contributed by atoms with Crippen LogP contribution in [0.1, 0.15) is 48.6 Å². The van der Waals surface area contributed by atoms with Crippen LogP contribution in [0.3, 0.4) is 0 Å². The molecule has 2 aromatic heterocycles. The number of nitrogens with zero attached hydrogens (tertiary/aromatic N) is 6. The van der Waals surface area contributed by atoms with Gasteiger partial charge in [-0.1, -0.05) is 42.2 Å². The molecule has 0 spiro atoms. The number of thioether (sulfide) groups is 1. The molecule has 40 heavy (non-hydrogen) atoms. The van der Waals surface area contributed by atoms with E-state index in [1.807, 2.05) is 37.3 Å². The molecule has 0 atom stereocenters. The van der Waals surface area contributed by atoms with Crippen molar-refractivity contribution in [1.82, 2.24) is 13.9 Å². The summed E-state index contributed by atoms with van der Waals surface area (Å²) in [6, 6.07) is 11.3. The number of amides is 1. The first-order valence-electron chi connectivity index (χ1n) is 13.3. The van der Waals surface area contributed by atoms with Gasteiger partial charge in [0.05, 0.1) is 16.3 Å². The number of carbonyl (C=O) groups excluding carboxylic acids is 1. The monoisotopic (exact) mass is 574 g/mol. The lowest BCUT2D eigenvalue weighted by molar-refractivity contribution is -0.113. The van der Waals surface area contributed by atoms with E-state index in [-0.39, 0.29) is 26.7 Å². The molecule has 1 amide bonds. The summed E-state index contributed by atoms with van der Waals surface area (Å²) < 4.78 is 5.11. The van der Waals surface area contributed by atoms with Crippen LogP contribution in [0.15, 0.2) is 44.8 Å². The molecule has 3 aromatic rings. The van der Waals surface area contributed by atoms with Crippen LogP contribution in [-0.2, 0) is 18.4 Å². The number of pyridine rings is 1. The zero-order valence-corrected chi connectivity index (χ0v) is 24.6. The molecule has 2 aliphatic rings. The Morgan fingerprint density at radius 3 is 2.35 bits per heavy atom. The summed E-state index contributed by atoms with van der Waals surface area (Å²) in [5, 5.41) is 9.84. The lowest BCUT2D eigenvalue weighted by Gasteiger charge is -2.33. The Morgan fingerprint density at radius 1 is 1.05 bits per heavy atom. The Kier molecular flexibility index (Phi) is 7.57. The topological polar surface area (TPSA) is 96.3 Å². The maximum absolute atomic E-state index is 13.9.